The number of carbonyl (C=O) groups is 1. The van der Waals surface area contributed by atoms with Crippen molar-refractivity contribution in [1.82, 2.24) is 5.32 Å². The second kappa shape index (κ2) is 5.11. The van der Waals surface area contributed by atoms with Crippen LogP contribution in [0.15, 0.2) is 30.3 Å². The molecule has 2 N–H and O–H groups in total. The van der Waals surface area contributed by atoms with Gasteiger partial charge in [-0.3, -0.25) is 4.79 Å². The third-order valence-corrected chi connectivity index (χ3v) is 3.68. The maximum absolute atomic E-state index is 11.9. The minimum Gasteiger partial charge on any atom is -0.378 e. The third-order valence-electron chi connectivity index (χ3n) is 3.68. The van der Waals surface area contributed by atoms with E-state index in [1.807, 2.05) is 18.2 Å². The van der Waals surface area contributed by atoms with Gasteiger partial charge < -0.3 is 10.4 Å². The van der Waals surface area contributed by atoms with Crippen LogP contribution in [-0.2, 0) is 4.79 Å². The number of rotatable bonds is 3. The first-order valence-corrected chi connectivity index (χ1v) is 6.51. The molecule has 0 radical (unpaired) electrons. The number of nitrogens with one attached hydrogen (secondary N) is 1. The van der Waals surface area contributed by atoms with Gasteiger partial charge in [0.1, 0.15) is 0 Å². The summed E-state index contributed by atoms with van der Waals surface area (Å²) in [6.07, 6.45) is 2.05. The summed E-state index contributed by atoms with van der Waals surface area (Å²) in [5, 5.41) is 12.9. The molecule has 3 heteroatoms. The van der Waals surface area contributed by atoms with E-state index in [2.05, 4.69) is 19.2 Å². The molecule has 1 aliphatic rings. The van der Waals surface area contributed by atoms with Crippen LogP contribution in [0.2, 0.25) is 0 Å². The largest absolute Gasteiger partial charge is 0.378 e. The fourth-order valence-electron chi connectivity index (χ4n) is 2.63. The molecule has 0 spiro atoms. The topological polar surface area (TPSA) is 49.3 Å². The van der Waals surface area contributed by atoms with Crippen molar-refractivity contribution in [3.8, 4) is 0 Å². The molecular weight excluding hydrogens is 226 g/mol. The number of aliphatic hydroxyl groups is 1. The van der Waals surface area contributed by atoms with E-state index in [-0.39, 0.29) is 11.9 Å². The number of benzene rings is 1. The molecule has 1 aliphatic carbocycles. The summed E-state index contributed by atoms with van der Waals surface area (Å²) in [5.74, 6) is -0.288. The summed E-state index contributed by atoms with van der Waals surface area (Å²) >= 11 is 0. The Hall–Kier alpha value is -1.35. The Morgan fingerprint density at radius 2 is 2.06 bits per heavy atom. The van der Waals surface area contributed by atoms with Gasteiger partial charge in [-0.25, -0.2) is 0 Å². The first-order chi connectivity index (χ1) is 8.48. The van der Waals surface area contributed by atoms with Gasteiger partial charge in [0, 0.05) is 6.04 Å². The van der Waals surface area contributed by atoms with Crippen LogP contribution in [-0.4, -0.2) is 17.1 Å². The van der Waals surface area contributed by atoms with Crippen molar-refractivity contribution >= 4 is 5.91 Å². The van der Waals surface area contributed by atoms with E-state index in [1.54, 1.807) is 12.1 Å². The van der Waals surface area contributed by atoms with Crippen molar-refractivity contribution in [3.63, 3.8) is 0 Å². The molecule has 98 valence electrons. The maximum Gasteiger partial charge on any atom is 0.253 e. The summed E-state index contributed by atoms with van der Waals surface area (Å²) in [4.78, 5) is 11.9. The van der Waals surface area contributed by atoms with Crippen LogP contribution in [0.5, 0.6) is 0 Å². The van der Waals surface area contributed by atoms with Crippen LogP contribution in [0, 0.1) is 5.41 Å². The van der Waals surface area contributed by atoms with Crippen LogP contribution in [0.1, 0.15) is 44.8 Å². The minimum atomic E-state index is -1.06. The number of hydrogen-bond donors (Lipinski definition) is 2. The van der Waals surface area contributed by atoms with Gasteiger partial charge in [-0.2, -0.15) is 0 Å². The van der Waals surface area contributed by atoms with Crippen molar-refractivity contribution in [2.75, 3.05) is 0 Å². The number of aliphatic hydroxyl groups excluding tert-OH is 1. The number of carbonyl (C=O) groups excluding carboxylic acids is 1. The standard InChI is InChI=1S/C15H21NO2/c1-15(2)9-8-12(10-15)16-14(18)13(17)11-6-4-3-5-7-11/h3-7,12-13,17H,8-10H2,1-2H3,(H,16,18). The molecule has 2 rings (SSSR count). The molecule has 2 atom stereocenters. The Morgan fingerprint density at radius 1 is 1.39 bits per heavy atom. The molecule has 1 aromatic rings. The van der Waals surface area contributed by atoms with Gasteiger partial charge in [0.15, 0.2) is 6.10 Å². The molecule has 18 heavy (non-hydrogen) atoms. The van der Waals surface area contributed by atoms with Crippen molar-refractivity contribution in [1.29, 1.82) is 0 Å². The Bertz CT molecular complexity index is 414. The lowest BCUT2D eigenvalue weighted by molar-refractivity contribution is -0.130. The lowest BCUT2D eigenvalue weighted by Gasteiger charge is -2.19. The Balaban J connectivity index is 1.93. The summed E-state index contributed by atoms with van der Waals surface area (Å²) in [6.45, 7) is 4.43. The van der Waals surface area contributed by atoms with E-state index in [4.69, 9.17) is 0 Å². The van der Waals surface area contributed by atoms with E-state index >= 15 is 0 Å². The van der Waals surface area contributed by atoms with E-state index in [0.717, 1.165) is 19.3 Å². The minimum absolute atomic E-state index is 0.200. The van der Waals surface area contributed by atoms with Gasteiger partial charge in [-0.1, -0.05) is 44.2 Å². The van der Waals surface area contributed by atoms with E-state index in [9.17, 15) is 9.90 Å². The number of amides is 1. The molecule has 1 fully saturated rings. The second-order valence-electron chi connectivity index (χ2n) is 5.93. The fraction of sp³-hybridized carbons (Fsp3) is 0.533. The first kappa shape index (κ1) is 13.1. The van der Waals surface area contributed by atoms with Gasteiger partial charge in [-0.15, -0.1) is 0 Å². The second-order valence-corrected chi connectivity index (χ2v) is 5.93. The van der Waals surface area contributed by atoms with E-state index in [1.165, 1.54) is 0 Å². The van der Waals surface area contributed by atoms with Gasteiger partial charge in [0.05, 0.1) is 0 Å². The Labute approximate surface area is 108 Å². The van der Waals surface area contributed by atoms with Crippen molar-refractivity contribution in [2.24, 2.45) is 5.41 Å². The van der Waals surface area contributed by atoms with Crippen molar-refractivity contribution in [3.05, 3.63) is 35.9 Å². The molecule has 1 amide bonds. The highest BCUT2D eigenvalue weighted by atomic mass is 16.3. The van der Waals surface area contributed by atoms with E-state index in [0.29, 0.717) is 11.0 Å². The SMILES string of the molecule is CC1(C)CCC(NC(=O)C(O)c2ccccc2)C1. The molecule has 2 unspecified atom stereocenters. The average Bonchev–Trinajstić information content (AvgIpc) is 2.68. The molecule has 1 aromatic carbocycles. The van der Waals surface area contributed by atoms with Crippen LogP contribution in [0.3, 0.4) is 0 Å². The highest BCUT2D eigenvalue weighted by Crippen LogP contribution is 2.37. The summed E-state index contributed by atoms with van der Waals surface area (Å²) < 4.78 is 0. The normalized spacial score (nSPS) is 23.6. The monoisotopic (exact) mass is 247 g/mol. The third kappa shape index (κ3) is 3.10. The van der Waals surface area contributed by atoms with Crippen LogP contribution in [0.25, 0.3) is 0 Å². The van der Waals surface area contributed by atoms with Crippen LogP contribution < -0.4 is 5.32 Å². The van der Waals surface area contributed by atoms with Gasteiger partial charge >= 0.3 is 0 Å². The van der Waals surface area contributed by atoms with Crippen LogP contribution >= 0.6 is 0 Å². The number of hydrogen-bond acceptors (Lipinski definition) is 2. The Morgan fingerprint density at radius 3 is 2.61 bits per heavy atom. The lowest BCUT2D eigenvalue weighted by atomic mass is 9.92. The smallest absolute Gasteiger partial charge is 0.253 e. The highest BCUT2D eigenvalue weighted by Gasteiger charge is 2.32. The molecule has 0 saturated heterocycles. The molecule has 0 bridgehead atoms. The zero-order valence-corrected chi connectivity index (χ0v) is 11.0. The molecule has 0 heterocycles. The molecule has 0 aliphatic heterocycles. The predicted molar refractivity (Wildman–Crippen MR) is 71.0 cm³/mol. The molecule has 0 aromatic heterocycles. The maximum atomic E-state index is 11.9. The zero-order valence-electron chi connectivity index (χ0n) is 11.0. The van der Waals surface area contributed by atoms with Crippen molar-refractivity contribution in [2.45, 2.75) is 45.3 Å². The molecule has 3 nitrogen and oxygen atoms in total. The first-order valence-electron chi connectivity index (χ1n) is 6.51. The fourth-order valence-corrected chi connectivity index (χ4v) is 2.63. The average molecular weight is 247 g/mol. The van der Waals surface area contributed by atoms with Gasteiger partial charge in [0.2, 0.25) is 0 Å². The summed E-state index contributed by atoms with van der Waals surface area (Å²) in [5.41, 5.74) is 0.947. The highest BCUT2D eigenvalue weighted by molar-refractivity contribution is 5.82. The zero-order chi connectivity index (χ0) is 13.2. The van der Waals surface area contributed by atoms with Crippen LogP contribution in [0.4, 0.5) is 0 Å². The van der Waals surface area contributed by atoms with E-state index < -0.39 is 6.10 Å². The van der Waals surface area contributed by atoms with Crippen molar-refractivity contribution < 1.29 is 9.90 Å². The molecular formula is C15H21NO2. The van der Waals surface area contributed by atoms with Gasteiger partial charge in [0.25, 0.3) is 5.91 Å². The Kier molecular flexibility index (Phi) is 3.71. The lowest BCUT2D eigenvalue weighted by Crippen LogP contribution is -2.37. The summed E-state index contributed by atoms with van der Waals surface area (Å²) in [7, 11) is 0. The summed E-state index contributed by atoms with van der Waals surface area (Å²) in [6, 6.07) is 9.25. The van der Waals surface area contributed by atoms with Gasteiger partial charge in [-0.05, 0) is 30.2 Å². The molecule has 1 saturated carbocycles. The quantitative estimate of drug-likeness (QED) is 0.861. The predicted octanol–water partition coefficient (Wildman–Crippen LogP) is 2.41.